The average Bonchev–Trinajstić information content (AvgIpc) is 2.58. The quantitative estimate of drug-likeness (QED) is 0.773. The van der Waals surface area contributed by atoms with Crippen molar-refractivity contribution in [3.05, 3.63) is 51.2 Å². The molecule has 4 heteroatoms. The Kier molecular flexibility index (Phi) is 2.41. The van der Waals surface area contributed by atoms with Crippen LogP contribution in [0.15, 0.2) is 23.0 Å². The number of benzene rings is 1. The van der Waals surface area contributed by atoms with Gasteiger partial charge in [0.1, 0.15) is 5.82 Å². The summed E-state index contributed by atoms with van der Waals surface area (Å²) >= 11 is 0. The van der Waals surface area contributed by atoms with Crippen molar-refractivity contribution in [2.24, 2.45) is 0 Å². The summed E-state index contributed by atoms with van der Waals surface area (Å²) in [4.78, 5) is 13.5. The van der Waals surface area contributed by atoms with Gasteiger partial charge in [0.2, 0.25) is 0 Å². The number of nitrogens with one attached hydrogen (secondary N) is 2. The van der Waals surface area contributed by atoms with E-state index in [1.807, 2.05) is 0 Å². The van der Waals surface area contributed by atoms with Gasteiger partial charge in [-0.05, 0) is 30.5 Å². The molecule has 2 aromatic rings. The fourth-order valence-corrected chi connectivity index (χ4v) is 1.50. The molecular weight excluding hydrogens is 190 g/mol. The minimum absolute atomic E-state index is 0.256. The Morgan fingerprint density at radius 1 is 1.27 bits per heavy atom. The predicted molar refractivity (Wildman–Crippen MR) is 57.9 cm³/mol. The minimum Gasteiger partial charge on any atom is -0.293 e. The fourth-order valence-electron chi connectivity index (χ4n) is 1.50. The Bertz CT molecular complexity index is 525. The molecule has 2 N–H and O–H groups in total. The highest BCUT2D eigenvalue weighted by Crippen LogP contribution is 2.11. The van der Waals surface area contributed by atoms with Gasteiger partial charge in [-0.3, -0.25) is 4.98 Å². The fraction of sp³-hybridized carbons (Fsp3) is 0.273. The summed E-state index contributed by atoms with van der Waals surface area (Å²) in [5.74, 6) is 0.670. The van der Waals surface area contributed by atoms with Crippen LogP contribution in [0.25, 0.3) is 0 Å². The van der Waals surface area contributed by atoms with Crippen LogP contribution in [-0.2, 0) is 6.42 Å². The summed E-state index contributed by atoms with van der Waals surface area (Å²) in [6.07, 6.45) is 0.653. The highest BCUT2D eigenvalue weighted by Gasteiger charge is 2.01. The summed E-state index contributed by atoms with van der Waals surface area (Å²) in [5, 5.41) is 6.22. The SMILES string of the molecule is Cc1ccc(Cc2n[nH]c(=O)[nH]2)cc1C. The minimum atomic E-state index is -0.256. The summed E-state index contributed by atoms with van der Waals surface area (Å²) in [5.41, 5.74) is 3.43. The van der Waals surface area contributed by atoms with Gasteiger partial charge in [-0.25, -0.2) is 9.89 Å². The van der Waals surface area contributed by atoms with Gasteiger partial charge >= 0.3 is 5.69 Å². The molecule has 0 spiro atoms. The summed E-state index contributed by atoms with van der Waals surface area (Å²) in [6, 6.07) is 6.24. The second kappa shape index (κ2) is 3.73. The van der Waals surface area contributed by atoms with Crippen molar-refractivity contribution in [3.8, 4) is 0 Å². The number of aromatic amines is 2. The first kappa shape index (κ1) is 9.71. The molecule has 0 aliphatic heterocycles. The molecular formula is C11H13N3O. The lowest BCUT2D eigenvalue weighted by atomic mass is 10.0. The molecule has 4 nitrogen and oxygen atoms in total. The third-order valence-corrected chi connectivity index (χ3v) is 2.49. The summed E-state index contributed by atoms with van der Waals surface area (Å²) in [7, 11) is 0. The van der Waals surface area contributed by atoms with Crippen LogP contribution >= 0.6 is 0 Å². The first-order valence-electron chi connectivity index (χ1n) is 4.85. The van der Waals surface area contributed by atoms with Crippen LogP contribution < -0.4 is 5.69 Å². The zero-order valence-electron chi connectivity index (χ0n) is 8.79. The maximum Gasteiger partial charge on any atom is 0.340 e. The largest absolute Gasteiger partial charge is 0.340 e. The highest BCUT2D eigenvalue weighted by atomic mass is 16.1. The zero-order chi connectivity index (χ0) is 10.8. The topological polar surface area (TPSA) is 61.5 Å². The first-order valence-corrected chi connectivity index (χ1v) is 4.85. The molecule has 1 aromatic heterocycles. The van der Waals surface area contributed by atoms with Crippen molar-refractivity contribution in [1.82, 2.24) is 15.2 Å². The van der Waals surface area contributed by atoms with Gasteiger partial charge in [0.15, 0.2) is 0 Å². The van der Waals surface area contributed by atoms with Crippen molar-refractivity contribution in [2.75, 3.05) is 0 Å². The standard InChI is InChI=1S/C11H13N3O/c1-7-3-4-9(5-8(7)2)6-10-12-11(15)14-13-10/h3-5H,6H2,1-2H3,(H2,12,13,14,15). The normalized spacial score (nSPS) is 10.5. The first-order chi connectivity index (χ1) is 7.15. The molecule has 0 saturated carbocycles. The number of hydrogen-bond acceptors (Lipinski definition) is 2. The van der Waals surface area contributed by atoms with Crippen LogP contribution in [0, 0.1) is 13.8 Å². The Morgan fingerprint density at radius 2 is 2.07 bits per heavy atom. The molecule has 0 fully saturated rings. The third-order valence-electron chi connectivity index (χ3n) is 2.49. The van der Waals surface area contributed by atoms with Crippen LogP contribution in [0.2, 0.25) is 0 Å². The van der Waals surface area contributed by atoms with E-state index in [2.05, 4.69) is 47.2 Å². The van der Waals surface area contributed by atoms with E-state index in [1.54, 1.807) is 0 Å². The van der Waals surface area contributed by atoms with E-state index >= 15 is 0 Å². The third kappa shape index (κ3) is 2.15. The number of nitrogens with zero attached hydrogens (tertiary/aromatic N) is 1. The number of H-pyrrole nitrogens is 2. The second-order valence-electron chi connectivity index (χ2n) is 3.72. The van der Waals surface area contributed by atoms with Gasteiger partial charge in [0.25, 0.3) is 0 Å². The maximum atomic E-state index is 10.8. The molecule has 0 bridgehead atoms. The number of aryl methyl sites for hydroxylation is 2. The van der Waals surface area contributed by atoms with E-state index in [0.29, 0.717) is 12.2 Å². The zero-order valence-corrected chi connectivity index (χ0v) is 8.79. The Labute approximate surface area is 87.4 Å². The summed E-state index contributed by atoms with van der Waals surface area (Å²) in [6.45, 7) is 4.15. The van der Waals surface area contributed by atoms with Gasteiger partial charge in [0.05, 0.1) is 0 Å². The van der Waals surface area contributed by atoms with Gasteiger partial charge in [-0.1, -0.05) is 18.2 Å². The van der Waals surface area contributed by atoms with Crippen LogP contribution in [-0.4, -0.2) is 15.2 Å². The van der Waals surface area contributed by atoms with Crippen molar-refractivity contribution in [1.29, 1.82) is 0 Å². The second-order valence-corrected chi connectivity index (χ2v) is 3.72. The number of aromatic nitrogens is 3. The molecule has 0 radical (unpaired) electrons. The van der Waals surface area contributed by atoms with Crippen LogP contribution in [0.1, 0.15) is 22.5 Å². The lowest BCUT2D eigenvalue weighted by Crippen LogP contribution is -2.01. The van der Waals surface area contributed by atoms with Crippen molar-refractivity contribution >= 4 is 0 Å². The van der Waals surface area contributed by atoms with E-state index in [4.69, 9.17) is 0 Å². The molecule has 1 heterocycles. The smallest absolute Gasteiger partial charge is 0.293 e. The van der Waals surface area contributed by atoms with E-state index in [0.717, 1.165) is 5.56 Å². The van der Waals surface area contributed by atoms with Gasteiger partial charge in [-0.15, -0.1) is 0 Å². The Balaban J connectivity index is 2.24. The highest BCUT2D eigenvalue weighted by molar-refractivity contribution is 5.31. The molecule has 0 saturated heterocycles. The molecule has 1 aromatic carbocycles. The number of hydrogen-bond donors (Lipinski definition) is 2. The van der Waals surface area contributed by atoms with Gasteiger partial charge < -0.3 is 0 Å². The molecule has 0 aliphatic carbocycles. The molecule has 0 aliphatic rings. The molecule has 15 heavy (non-hydrogen) atoms. The van der Waals surface area contributed by atoms with Crippen LogP contribution in [0.5, 0.6) is 0 Å². The van der Waals surface area contributed by atoms with E-state index in [-0.39, 0.29) is 5.69 Å². The van der Waals surface area contributed by atoms with Gasteiger partial charge in [-0.2, -0.15) is 5.10 Å². The molecule has 0 amide bonds. The van der Waals surface area contributed by atoms with Crippen molar-refractivity contribution in [3.63, 3.8) is 0 Å². The Hall–Kier alpha value is -1.84. The predicted octanol–water partition coefficient (Wildman–Crippen LogP) is 1.31. The lowest BCUT2D eigenvalue weighted by molar-refractivity contribution is 0.968. The maximum absolute atomic E-state index is 10.8. The van der Waals surface area contributed by atoms with Crippen LogP contribution in [0.3, 0.4) is 0 Å². The molecule has 2 rings (SSSR count). The summed E-state index contributed by atoms with van der Waals surface area (Å²) < 4.78 is 0. The Morgan fingerprint density at radius 3 is 2.67 bits per heavy atom. The van der Waals surface area contributed by atoms with Crippen LogP contribution in [0.4, 0.5) is 0 Å². The van der Waals surface area contributed by atoms with Crippen molar-refractivity contribution in [2.45, 2.75) is 20.3 Å². The van der Waals surface area contributed by atoms with Crippen molar-refractivity contribution < 1.29 is 0 Å². The van der Waals surface area contributed by atoms with E-state index < -0.39 is 0 Å². The average molecular weight is 203 g/mol. The monoisotopic (exact) mass is 203 g/mol. The molecule has 0 unspecified atom stereocenters. The molecule has 78 valence electrons. The lowest BCUT2D eigenvalue weighted by Gasteiger charge is -2.02. The van der Waals surface area contributed by atoms with E-state index in [9.17, 15) is 4.79 Å². The number of rotatable bonds is 2. The molecule has 0 atom stereocenters. The van der Waals surface area contributed by atoms with E-state index in [1.165, 1.54) is 11.1 Å². The van der Waals surface area contributed by atoms with Gasteiger partial charge in [0, 0.05) is 6.42 Å².